The minimum atomic E-state index is -0.528. The van der Waals surface area contributed by atoms with Gasteiger partial charge in [-0.2, -0.15) is 0 Å². The highest BCUT2D eigenvalue weighted by atomic mass is 127. The third-order valence-electron chi connectivity index (χ3n) is 3.93. The fourth-order valence-electron chi connectivity index (χ4n) is 2.34. The second-order valence-electron chi connectivity index (χ2n) is 5.99. The topological polar surface area (TPSA) is 47.9 Å². The summed E-state index contributed by atoms with van der Waals surface area (Å²) in [6.45, 7) is 4.11. The standard InChI is InChI=1S/C20H16FI2NO3/c1-3-11(2)26-18-15(22)8-12(9-16(18)23)10-17-20(25)27-19(24-17)13-4-6-14(21)7-5-13/h4-11H,3H2,1-2H3/b17-10-. The quantitative estimate of drug-likeness (QED) is 0.260. The van der Waals surface area contributed by atoms with E-state index in [-0.39, 0.29) is 23.5 Å². The number of hydrogen-bond acceptors (Lipinski definition) is 4. The lowest BCUT2D eigenvalue weighted by Gasteiger charge is -2.16. The highest BCUT2D eigenvalue weighted by Gasteiger charge is 2.24. The van der Waals surface area contributed by atoms with E-state index in [1.165, 1.54) is 24.3 Å². The number of hydrogen-bond donors (Lipinski definition) is 0. The van der Waals surface area contributed by atoms with Crippen molar-refractivity contribution in [1.82, 2.24) is 0 Å². The molecule has 27 heavy (non-hydrogen) atoms. The predicted octanol–water partition coefficient (Wildman–Crippen LogP) is 5.56. The van der Waals surface area contributed by atoms with Crippen molar-refractivity contribution in [3.63, 3.8) is 0 Å². The van der Waals surface area contributed by atoms with E-state index < -0.39 is 5.97 Å². The van der Waals surface area contributed by atoms with Gasteiger partial charge in [0, 0.05) is 5.56 Å². The minimum Gasteiger partial charge on any atom is -0.489 e. The van der Waals surface area contributed by atoms with Gasteiger partial charge in [-0.05, 0) is 107 Å². The van der Waals surface area contributed by atoms with E-state index in [1.54, 1.807) is 6.08 Å². The molecule has 0 spiro atoms. The van der Waals surface area contributed by atoms with Crippen LogP contribution in [0.1, 0.15) is 31.4 Å². The number of cyclic esters (lactones) is 1. The van der Waals surface area contributed by atoms with Crippen molar-refractivity contribution in [3.8, 4) is 5.75 Å². The molecule has 0 aliphatic carbocycles. The minimum absolute atomic E-state index is 0.129. The highest BCUT2D eigenvalue weighted by Crippen LogP contribution is 2.31. The van der Waals surface area contributed by atoms with Crippen molar-refractivity contribution in [3.05, 3.63) is 66.2 Å². The molecule has 2 aromatic rings. The number of rotatable bonds is 5. The van der Waals surface area contributed by atoms with Crippen LogP contribution in [0.3, 0.4) is 0 Å². The van der Waals surface area contributed by atoms with Gasteiger partial charge in [0.2, 0.25) is 5.90 Å². The zero-order chi connectivity index (χ0) is 19.6. The van der Waals surface area contributed by atoms with Gasteiger partial charge >= 0.3 is 5.97 Å². The zero-order valence-electron chi connectivity index (χ0n) is 14.6. The van der Waals surface area contributed by atoms with Gasteiger partial charge in [0.05, 0.1) is 13.2 Å². The van der Waals surface area contributed by atoms with Gasteiger partial charge in [-0.15, -0.1) is 0 Å². The summed E-state index contributed by atoms with van der Waals surface area (Å²) in [7, 11) is 0. The molecule has 4 nitrogen and oxygen atoms in total. The summed E-state index contributed by atoms with van der Waals surface area (Å²) in [5, 5.41) is 0. The van der Waals surface area contributed by atoms with E-state index in [0.717, 1.165) is 24.9 Å². The molecular formula is C20H16FI2NO3. The molecule has 1 heterocycles. The number of esters is 1. The molecule has 140 valence electrons. The molecule has 1 atom stereocenters. The Morgan fingerprint density at radius 3 is 2.44 bits per heavy atom. The predicted molar refractivity (Wildman–Crippen MR) is 119 cm³/mol. The number of carbonyl (C=O) groups is 1. The molecule has 1 aliphatic rings. The van der Waals surface area contributed by atoms with Crippen LogP contribution in [0.5, 0.6) is 5.75 Å². The van der Waals surface area contributed by atoms with Crippen molar-refractivity contribution in [2.75, 3.05) is 0 Å². The molecule has 0 bridgehead atoms. The molecule has 0 saturated carbocycles. The summed E-state index contributed by atoms with van der Waals surface area (Å²) in [5.41, 5.74) is 1.59. The number of aliphatic imine (C=N–C) groups is 1. The second kappa shape index (κ2) is 8.68. The lowest BCUT2D eigenvalue weighted by molar-refractivity contribution is -0.129. The lowest BCUT2D eigenvalue weighted by atomic mass is 10.2. The highest BCUT2D eigenvalue weighted by molar-refractivity contribution is 14.1. The van der Waals surface area contributed by atoms with E-state index in [4.69, 9.17) is 9.47 Å². The Bertz CT molecular complexity index is 916. The third-order valence-corrected chi connectivity index (χ3v) is 5.53. The first-order valence-corrected chi connectivity index (χ1v) is 10.5. The molecule has 0 N–H and O–H groups in total. The molecule has 2 aromatic carbocycles. The Hall–Kier alpha value is -1.49. The molecule has 7 heteroatoms. The first-order valence-electron chi connectivity index (χ1n) is 8.31. The Labute approximate surface area is 184 Å². The summed E-state index contributed by atoms with van der Waals surface area (Å²) in [6.07, 6.45) is 2.73. The number of benzene rings is 2. The SMILES string of the molecule is CCC(C)Oc1c(I)cc(/C=C2\N=C(c3ccc(F)cc3)OC2=O)cc1I. The van der Waals surface area contributed by atoms with Crippen LogP contribution in [0.4, 0.5) is 4.39 Å². The Morgan fingerprint density at radius 1 is 1.22 bits per heavy atom. The monoisotopic (exact) mass is 591 g/mol. The number of halogens is 3. The summed E-state index contributed by atoms with van der Waals surface area (Å²) >= 11 is 4.45. The van der Waals surface area contributed by atoms with Crippen LogP contribution in [0.15, 0.2) is 47.1 Å². The van der Waals surface area contributed by atoms with Crippen LogP contribution in [-0.2, 0) is 9.53 Å². The van der Waals surface area contributed by atoms with E-state index in [9.17, 15) is 9.18 Å². The number of nitrogens with zero attached hydrogens (tertiary/aromatic N) is 1. The molecule has 1 unspecified atom stereocenters. The Balaban J connectivity index is 1.89. The third kappa shape index (κ3) is 4.87. The molecular weight excluding hydrogens is 575 g/mol. The number of ether oxygens (including phenoxy) is 2. The first kappa shape index (κ1) is 20.2. The van der Waals surface area contributed by atoms with Gasteiger partial charge in [-0.25, -0.2) is 14.2 Å². The Morgan fingerprint density at radius 2 is 1.85 bits per heavy atom. The number of carbonyl (C=O) groups excluding carboxylic acids is 1. The normalized spacial score (nSPS) is 16.3. The van der Waals surface area contributed by atoms with Crippen LogP contribution < -0.4 is 4.74 Å². The van der Waals surface area contributed by atoms with Crippen LogP contribution in [-0.4, -0.2) is 18.0 Å². The molecule has 0 aromatic heterocycles. The van der Waals surface area contributed by atoms with Gasteiger partial charge in [0.15, 0.2) is 5.70 Å². The maximum absolute atomic E-state index is 13.1. The average molecular weight is 591 g/mol. The summed E-state index contributed by atoms with van der Waals surface area (Å²) < 4.78 is 26.2. The van der Waals surface area contributed by atoms with Gasteiger partial charge in [0.1, 0.15) is 11.6 Å². The van der Waals surface area contributed by atoms with E-state index in [0.29, 0.717) is 5.56 Å². The molecule has 1 aliphatic heterocycles. The maximum Gasteiger partial charge on any atom is 0.363 e. The smallest absolute Gasteiger partial charge is 0.363 e. The van der Waals surface area contributed by atoms with Crippen molar-refractivity contribution < 1.29 is 18.7 Å². The summed E-state index contributed by atoms with van der Waals surface area (Å²) in [6, 6.07) is 9.52. The summed E-state index contributed by atoms with van der Waals surface area (Å²) in [5.74, 6) is 0.132. The van der Waals surface area contributed by atoms with Crippen molar-refractivity contribution >= 4 is 63.1 Å². The van der Waals surface area contributed by atoms with Crippen LogP contribution >= 0.6 is 45.2 Å². The van der Waals surface area contributed by atoms with Gasteiger partial charge < -0.3 is 9.47 Å². The van der Waals surface area contributed by atoms with Gasteiger partial charge in [0.25, 0.3) is 0 Å². The average Bonchev–Trinajstić information content (AvgIpc) is 2.99. The van der Waals surface area contributed by atoms with E-state index >= 15 is 0 Å². The second-order valence-corrected chi connectivity index (χ2v) is 8.32. The largest absolute Gasteiger partial charge is 0.489 e. The first-order chi connectivity index (χ1) is 12.9. The van der Waals surface area contributed by atoms with E-state index in [1.807, 2.05) is 19.1 Å². The maximum atomic E-state index is 13.1. The van der Waals surface area contributed by atoms with Gasteiger partial charge in [-0.3, -0.25) is 0 Å². The van der Waals surface area contributed by atoms with Gasteiger partial charge in [-0.1, -0.05) is 6.92 Å². The van der Waals surface area contributed by atoms with E-state index in [2.05, 4.69) is 57.1 Å². The Kier molecular flexibility index (Phi) is 6.51. The van der Waals surface area contributed by atoms with Crippen molar-refractivity contribution in [2.45, 2.75) is 26.4 Å². The lowest BCUT2D eigenvalue weighted by Crippen LogP contribution is -2.11. The molecule has 0 saturated heterocycles. The van der Waals surface area contributed by atoms with Crippen LogP contribution in [0, 0.1) is 13.0 Å². The van der Waals surface area contributed by atoms with Crippen molar-refractivity contribution in [1.29, 1.82) is 0 Å². The van der Waals surface area contributed by atoms with Crippen molar-refractivity contribution in [2.24, 2.45) is 4.99 Å². The molecule has 0 amide bonds. The fraction of sp³-hybridized carbons (Fsp3) is 0.200. The zero-order valence-corrected chi connectivity index (χ0v) is 18.9. The summed E-state index contributed by atoms with van der Waals surface area (Å²) in [4.78, 5) is 16.4. The molecule has 0 radical (unpaired) electrons. The van der Waals surface area contributed by atoms with Crippen LogP contribution in [0.2, 0.25) is 0 Å². The van der Waals surface area contributed by atoms with Crippen LogP contribution in [0.25, 0.3) is 6.08 Å². The molecule has 0 fully saturated rings. The molecule has 3 rings (SSSR count). The fourth-order valence-corrected chi connectivity index (χ4v) is 4.41.